The van der Waals surface area contributed by atoms with Crippen LogP contribution in [0.5, 0.6) is 0 Å². The molecule has 0 fully saturated rings. The fourth-order valence-corrected chi connectivity index (χ4v) is 2.51. The second kappa shape index (κ2) is 5.51. The average molecular weight is 284 g/mol. The fourth-order valence-electron chi connectivity index (χ4n) is 2.38. The number of halogens is 1. The molecular weight excluding hydrogens is 270 g/mol. The number of benzene rings is 2. The molecule has 1 aliphatic heterocycles. The first-order valence-electron chi connectivity index (χ1n) is 6.57. The summed E-state index contributed by atoms with van der Waals surface area (Å²) in [6.45, 7) is 0.706. The number of anilines is 1. The van der Waals surface area contributed by atoms with Gasteiger partial charge in [0.05, 0.1) is 5.70 Å². The van der Waals surface area contributed by atoms with Crippen molar-refractivity contribution in [1.82, 2.24) is 0 Å². The lowest BCUT2D eigenvalue weighted by Crippen LogP contribution is -2.28. The van der Waals surface area contributed by atoms with E-state index in [1.165, 1.54) is 0 Å². The maximum Gasteiger partial charge on any atom is 0.159 e. The third-order valence-electron chi connectivity index (χ3n) is 3.38. The van der Waals surface area contributed by atoms with Crippen LogP contribution in [0, 0.1) is 0 Å². The van der Waals surface area contributed by atoms with Gasteiger partial charge in [-0.3, -0.25) is 4.79 Å². The number of para-hydroxylation sites is 1. The number of nitrogens with zero attached hydrogens (tertiary/aromatic N) is 1. The van der Waals surface area contributed by atoms with Crippen LogP contribution in [0.4, 0.5) is 5.69 Å². The van der Waals surface area contributed by atoms with Crippen LogP contribution in [-0.4, -0.2) is 12.3 Å². The van der Waals surface area contributed by atoms with E-state index in [-0.39, 0.29) is 5.78 Å². The maximum absolute atomic E-state index is 11.8. The summed E-state index contributed by atoms with van der Waals surface area (Å²) in [7, 11) is 0. The molecule has 0 bridgehead atoms. The lowest BCUT2D eigenvalue weighted by atomic mass is 10.0. The number of carbonyl (C=O) groups excluding carboxylic acids is 1. The maximum atomic E-state index is 11.8. The summed E-state index contributed by atoms with van der Waals surface area (Å²) in [6.07, 6.45) is 2.27. The fraction of sp³-hybridized carbons (Fsp3) is 0.118. The number of hydrogen-bond donors (Lipinski definition) is 0. The Morgan fingerprint density at radius 3 is 2.35 bits per heavy atom. The predicted octanol–water partition coefficient (Wildman–Crippen LogP) is 4.16. The van der Waals surface area contributed by atoms with Gasteiger partial charge >= 0.3 is 0 Å². The quantitative estimate of drug-likeness (QED) is 0.825. The molecule has 0 saturated heterocycles. The van der Waals surface area contributed by atoms with E-state index in [2.05, 4.69) is 17.0 Å². The van der Waals surface area contributed by atoms with Crippen LogP contribution >= 0.6 is 11.6 Å². The predicted molar refractivity (Wildman–Crippen MR) is 82.8 cm³/mol. The van der Waals surface area contributed by atoms with Crippen molar-refractivity contribution in [1.29, 1.82) is 0 Å². The molecule has 1 aliphatic rings. The summed E-state index contributed by atoms with van der Waals surface area (Å²) in [6, 6.07) is 17.7. The van der Waals surface area contributed by atoms with Crippen LogP contribution in [-0.2, 0) is 4.79 Å². The van der Waals surface area contributed by atoms with Gasteiger partial charge in [0.2, 0.25) is 0 Å². The van der Waals surface area contributed by atoms with Crippen LogP contribution in [0.15, 0.2) is 60.7 Å². The minimum atomic E-state index is 0.169. The molecule has 0 aliphatic carbocycles. The van der Waals surface area contributed by atoms with Crippen molar-refractivity contribution < 1.29 is 4.79 Å². The van der Waals surface area contributed by atoms with E-state index >= 15 is 0 Å². The number of hydrogen-bond acceptors (Lipinski definition) is 2. The van der Waals surface area contributed by atoms with Crippen molar-refractivity contribution in [2.24, 2.45) is 0 Å². The molecule has 2 nitrogen and oxygen atoms in total. The van der Waals surface area contributed by atoms with Gasteiger partial charge in [-0.15, -0.1) is 0 Å². The van der Waals surface area contributed by atoms with E-state index in [9.17, 15) is 4.79 Å². The summed E-state index contributed by atoms with van der Waals surface area (Å²) >= 11 is 5.93. The molecule has 3 heteroatoms. The van der Waals surface area contributed by atoms with Gasteiger partial charge in [0, 0.05) is 29.8 Å². The normalized spacial score (nSPS) is 15.2. The van der Waals surface area contributed by atoms with Gasteiger partial charge in [0.15, 0.2) is 5.78 Å². The third-order valence-corrected chi connectivity index (χ3v) is 3.63. The Kier molecular flexibility index (Phi) is 3.57. The van der Waals surface area contributed by atoms with Crippen molar-refractivity contribution in [3.8, 4) is 0 Å². The summed E-state index contributed by atoms with van der Waals surface area (Å²) in [5.41, 5.74) is 3.04. The van der Waals surface area contributed by atoms with Crippen molar-refractivity contribution in [3.05, 3.63) is 71.3 Å². The van der Waals surface area contributed by atoms with Crippen LogP contribution in [0.2, 0.25) is 5.02 Å². The Hall–Kier alpha value is -2.06. The van der Waals surface area contributed by atoms with Gasteiger partial charge in [0.1, 0.15) is 0 Å². The van der Waals surface area contributed by atoms with Crippen molar-refractivity contribution in [3.63, 3.8) is 0 Å². The zero-order valence-electron chi connectivity index (χ0n) is 10.9. The Morgan fingerprint density at radius 2 is 1.65 bits per heavy atom. The van der Waals surface area contributed by atoms with Gasteiger partial charge in [-0.1, -0.05) is 41.9 Å². The molecule has 100 valence electrons. The largest absolute Gasteiger partial charge is 0.340 e. The first kappa shape index (κ1) is 12.9. The monoisotopic (exact) mass is 283 g/mol. The zero-order valence-corrected chi connectivity index (χ0v) is 11.7. The molecule has 0 amide bonds. The van der Waals surface area contributed by atoms with E-state index in [1.54, 1.807) is 6.08 Å². The molecule has 0 saturated carbocycles. The van der Waals surface area contributed by atoms with E-state index in [0.29, 0.717) is 18.0 Å². The molecule has 0 radical (unpaired) electrons. The Bertz CT molecular complexity index is 646. The standard InChI is InChI=1S/C17H14ClNO/c18-14-8-6-13(7-9-14)17-12-16(20)10-11-19(17)15-4-2-1-3-5-15/h1-9,12H,10-11H2. The van der Waals surface area contributed by atoms with E-state index in [0.717, 1.165) is 16.9 Å². The highest BCUT2D eigenvalue weighted by molar-refractivity contribution is 6.30. The molecule has 20 heavy (non-hydrogen) atoms. The summed E-state index contributed by atoms with van der Waals surface area (Å²) in [5.74, 6) is 0.169. The topological polar surface area (TPSA) is 20.3 Å². The molecule has 2 aromatic carbocycles. The zero-order chi connectivity index (χ0) is 13.9. The van der Waals surface area contributed by atoms with Gasteiger partial charge in [-0.2, -0.15) is 0 Å². The lowest BCUT2D eigenvalue weighted by molar-refractivity contribution is -0.114. The van der Waals surface area contributed by atoms with Gasteiger partial charge < -0.3 is 4.90 Å². The van der Waals surface area contributed by atoms with Crippen molar-refractivity contribution in [2.45, 2.75) is 6.42 Å². The van der Waals surface area contributed by atoms with Gasteiger partial charge in [-0.05, 0) is 29.8 Å². The van der Waals surface area contributed by atoms with Crippen LogP contribution < -0.4 is 4.90 Å². The van der Waals surface area contributed by atoms with Gasteiger partial charge in [0.25, 0.3) is 0 Å². The van der Waals surface area contributed by atoms with Crippen LogP contribution in [0.3, 0.4) is 0 Å². The molecule has 0 atom stereocenters. The average Bonchev–Trinajstić information content (AvgIpc) is 2.49. The van der Waals surface area contributed by atoms with Gasteiger partial charge in [-0.25, -0.2) is 0 Å². The van der Waals surface area contributed by atoms with Crippen molar-refractivity contribution in [2.75, 3.05) is 11.4 Å². The number of ketones is 1. The minimum absolute atomic E-state index is 0.169. The molecule has 0 N–H and O–H groups in total. The molecule has 0 unspecified atom stereocenters. The molecule has 0 aromatic heterocycles. The Balaban J connectivity index is 2.03. The van der Waals surface area contributed by atoms with Crippen LogP contribution in [0.25, 0.3) is 5.70 Å². The SMILES string of the molecule is O=C1C=C(c2ccc(Cl)cc2)N(c2ccccc2)CC1. The summed E-state index contributed by atoms with van der Waals surface area (Å²) < 4.78 is 0. The lowest BCUT2D eigenvalue weighted by Gasteiger charge is -2.30. The smallest absolute Gasteiger partial charge is 0.159 e. The third kappa shape index (κ3) is 2.61. The molecule has 0 spiro atoms. The Labute approximate surface area is 123 Å². The molecular formula is C17H14ClNO. The number of carbonyl (C=O) groups is 1. The molecule has 1 heterocycles. The first-order valence-corrected chi connectivity index (χ1v) is 6.95. The summed E-state index contributed by atoms with van der Waals surface area (Å²) in [4.78, 5) is 13.9. The van der Waals surface area contributed by atoms with Crippen LogP contribution in [0.1, 0.15) is 12.0 Å². The van der Waals surface area contributed by atoms with Crippen molar-refractivity contribution >= 4 is 28.8 Å². The highest BCUT2D eigenvalue weighted by atomic mass is 35.5. The van der Waals surface area contributed by atoms with E-state index < -0.39 is 0 Å². The number of rotatable bonds is 2. The Morgan fingerprint density at radius 1 is 0.950 bits per heavy atom. The summed E-state index contributed by atoms with van der Waals surface area (Å²) in [5, 5.41) is 0.697. The first-order chi connectivity index (χ1) is 9.74. The minimum Gasteiger partial charge on any atom is -0.340 e. The number of allylic oxidation sites excluding steroid dienone is 1. The highest BCUT2D eigenvalue weighted by Gasteiger charge is 2.20. The van der Waals surface area contributed by atoms with E-state index in [4.69, 9.17) is 11.6 Å². The van der Waals surface area contributed by atoms with E-state index in [1.807, 2.05) is 42.5 Å². The molecule has 3 rings (SSSR count). The second-order valence-electron chi connectivity index (χ2n) is 4.74. The second-order valence-corrected chi connectivity index (χ2v) is 5.18. The highest BCUT2D eigenvalue weighted by Crippen LogP contribution is 2.29. The molecule has 2 aromatic rings.